The molecule has 2 N–H and O–H groups in total. The molecular formula is C17H20N2O3S. The fraction of sp³-hybridized carbons (Fsp3) is 0.412. The van der Waals surface area contributed by atoms with Gasteiger partial charge >= 0.3 is 0 Å². The van der Waals surface area contributed by atoms with E-state index in [1.165, 1.54) is 29.7 Å². The minimum absolute atomic E-state index is 0.229. The van der Waals surface area contributed by atoms with Crippen LogP contribution in [0, 0.1) is 0 Å². The third-order valence-corrected chi connectivity index (χ3v) is 5.20. The van der Waals surface area contributed by atoms with Crippen LogP contribution < -0.4 is 10.9 Å². The lowest BCUT2D eigenvalue weighted by atomic mass is 10.1. The topological polar surface area (TPSA) is 71.3 Å². The van der Waals surface area contributed by atoms with E-state index in [1.54, 1.807) is 23.7 Å². The van der Waals surface area contributed by atoms with Crippen LogP contribution in [0.3, 0.4) is 0 Å². The highest BCUT2D eigenvalue weighted by Gasteiger charge is 2.16. The molecule has 2 heterocycles. The number of hydrazine groups is 1. The van der Waals surface area contributed by atoms with Crippen molar-refractivity contribution in [3.8, 4) is 0 Å². The van der Waals surface area contributed by atoms with Gasteiger partial charge < -0.3 is 4.42 Å². The van der Waals surface area contributed by atoms with Crippen molar-refractivity contribution in [1.82, 2.24) is 10.9 Å². The largest absolute Gasteiger partial charge is 0.469 e. The first kappa shape index (κ1) is 15.8. The molecule has 6 heteroatoms. The van der Waals surface area contributed by atoms with Crippen molar-refractivity contribution in [2.24, 2.45) is 0 Å². The van der Waals surface area contributed by atoms with Crippen LogP contribution in [-0.4, -0.2) is 11.8 Å². The molecule has 0 atom stereocenters. The number of hydrogen-bond acceptors (Lipinski definition) is 4. The molecular weight excluding hydrogens is 312 g/mol. The van der Waals surface area contributed by atoms with E-state index in [9.17, 15) is 9.59 Å². The maximum absolute atomic E-state index is 12.2. The van der Waals surface area contributed by atoms with Gasteiger partial charge in [-0.15, -0.1) is 11.3 Å². The van der Waals surface area contributed by atoms with E-state index < -0.39 is 0 Å². The Kier molecular flexibility index (Phi) is 5.12. The molecule has 0 spiro atoms. The molecule has 0 unspecified atom stereocenters. The number of thiophene rings is 1. The Morgan fingerprint density at radius 1 is 1.17 bits per heavy atom. The molecule has 0 aliphatic heterocycles. The van der Waals surface area contributed by atoms with Crippen molar-refractivity contribution in [1.29, 1.82) is 0 Å². The van der Waals surface area contributed by atoms with E-state index in [0.717, 1.165) is 18.6 Å². The van der Waals surface area contributed by atoms with Gasteiger partial charge in [0.1, 0.15) is 5.76 Å². The molecule has 3 rings (SSSR count). The second-order valence-electron chi connectivity index (χ2n) is 5.70. The second kappa shape index (κ2) is 7.46. The number of fused-ring (bicyclic) bond motifs is 1. The predicted octanol–water partition coefficient (Wildman–Crippen LogP) is 3.00. The Morgan fingerprint density at radius 2 is 2.04 bits per heavy atom. The molecule has 23 heavy (non-hydrogen) atoms. The number of amides is 2. The van der Waals surface area contributed by atoms with Crippen molar-refractivity contribution < 1.29 is 14.0 Å². The molecule has 0 bridgehead atoms. The standard InChI is InChI=1S/C17H20N2O3S/c20-16(9-8-13-6-4-10-22-13)18-19-17(21)15-11-12-5-2-1-3-7-14(12)23-15/h4,6,10-11H,1-3,5,7-9H2,(H,18,20)(H,19,21). The Labute approximate surface area is 139 Å². The summed E-state index contributed by atoms with van der Waals surface area (Å²) in [6.07, 6.45) is 8.12. The van der Waals surface area contributed by atoms with Gasteiger partial charge in [-0.25, -0.2) is 0 Å². The van der Waals surface area contributed by atoms with Crippen LogP contribution >= 0.6 is 11.3 Å². The summed E-state index contributed by atoms with van der Waals surface area (Å²) in [5.74, 6) is 0.288. The van der Waals surface area contributed by atoms with Gasteiger partial charge in [0.2, 0.25) is 5.91 Å². The number of rotatable bonds is 4. The summed E-state index contributed by atoms with van der Waals surface area (Å²) in [4.78, 5) is 25.9. The van der Waals surface area contributed by atoms with Crippen LogP contribution in [0.15, 0.2) is 28.9 Å². The fourth-order valence-corrected chi connectivity index (χ4v) is 3.87. The molecule has 0 saturated carbocycles. The third kappa shape index (κ3) is 4.22. The molecule has 122 valence electrons. The van der Waals surface area contributed by atoms with Crippen LogP contribution in [0.1, 0.15) is 51.6 Å². The zero-order valence-electron chi connectivity index (χ0n) is 12.9. The van der Waals surface area contributed by atoms with Gasteiger partial charge in [-0.05, 0) is 49.4 Å². The lowest BCUT2D eigenvalue weighted by Gasteiger charge is -2.05. The van der Waals surface area contributed by atoms with Gasteiger partial charge in [-0.1, -0.05) is 6.42 Å². The molecule has 2 amide bonds. The van der Waals surface area contributed by atoms with Crippen LogP contribution in [-0.2, 0) is 24.1 Å². The zero-order valence-corrected chi connectivity index (χ0v) is 13.7. The highest BCUT2D eigenvalue weighted by molar-refractivity contribution is 7.14. The Morgan fingerprint density at radius 3 is 2.87 bits per heavy atom. The van der Waals surface area contributed by atoms with Gasteiger partial charge in [0.15, 0.2) is 0 Å². The summed E-state index contributed by atoms with van der Waals surface area (Å²) in [5, 5.41) is 0. The average molecular weight is 332 g/mol. The molecule has 1 aliphatic rings. The van der Waals surface area contributed by atoms with E-state index in [0.29, 0.717) is 11.3 Å². The Bertz CT molecular complexity index is 653. The zero-order chi connectivity index (χ0) is 16.1. The quantitative estimate of drug-likeness (QED) is 0.668. The van der Waals surface area contributed by atoms with E-state index in [-0.39, 0.29) is 18.2 Å². The smallest absolute Gasteiger partial charge is 0.279 e. The minimum atomic E-state index is -0.241. The molecule has 0 aromatic carbocycles. The highest BCUT2D eigenvalue weighted by atomic mass is 32.1. The average Bonchev–Trinajstić information content (AvgIpc) is 3.16. The number of nitrogens with one attached hydrogen (secondary N) is 2. The van der Waals surface area contributed by atoms with Gasteiger partial charge in [-0.3, -0.25) is 20.4 Å². The predicted molar refractivity (Wildman–Crippen MR) is 88.2 cm³/mol. The van der Waals surface area contributed by atoms with Crippen LogP contribution in [0.25, 0.3) is 0 Å². The van der Waals surface area contributed by atoms with E-state index in [4.69, 9.17) is 4.42 Å². The molecule has 0 saturated heterocycles. The summed E-state index contributed by atoms with van der Waals surface area (Å²) in [7, 11) is 0. The number of carbonyl (C=O) groups excluding carboxylic acids is 2. The highest BCUT2D eigenvalue weighted by Crippen LogP contribution is 2.28. The molecule has 2 aromatic rings. The Balaban J connectivity index is 1.48. The summed E-state index contributed by atoms with van der Waals surface area (Å²) >= 11 is 1.54. The van der Waals surface area contributed by atoms with Crippen molar-refractivity contribution in [2.75, 3.05) is 0 Å². The van der Waals surface area contributed by atoms with E-state index >= 15 is 0 Å². The second-order valence-corrected chi connectivity index (χ2v) is 6.84. The van der Waals surface area contributed by atoms with Gasteiger partial charge in [0, 0.05) is 17.7 Å². The van der Waals surface area contributed by atoms with Gasteiger partial charge in [0.25, 0.3) is 5.91 Å². The van der Waals surface area contributed by atoms with Crippen LogP contribution in [0.5, 0.6) is 0 Å². The maximum Gasteiger partial charge on any atom is 0.279 e. The molecule has 2 aromatic heterocycles. The van der Waals surface area contributed by atoms with E-state index in [1.807, 2.05) is 12.1 Å². The third-order valence-electron chi connectivity index (χ3n) is 3.96. The van der Waals surface area contributed by atoms with Crippen molar-refractivity contribution in [3.63, 3.8) is 0 Å². The van der Waals surface area contributed by atoms with Gasteiger partial charge in [-0.2, -0.15) is 0 Å². The molecule has 5 nitrogen and oxygen atoms in total. The molecule has 1 aliphatic carbocycles. The monoisotopic (exact) mass is 332 g/mol. The number of aryl methyl sites for hydroxylation is 3. The SMILES string of the molecule is O=C(CCc1ccco1)NNC(=O)c1cc2c(s1)CCCCC2. The molecule has 0 radical (unpaired) electrons. The van der Waals surface area contributed by atoms with Crippen molar-refractivity contribution in [3.05, 3.63) is 45.5 Å². The van der Waals surface area contributed by atoms with Crippen LogP contribution in [0.4, 0.5) is 0 Å². The Hall–Kier alpha value is -2.08. The first-order valence-corrected chi connectivity index (χ1v) is 8.77. The summed E-state index contributed by atoms with van der Waals surface area (Å²) in [5.41, 5.74) is 6.25. The number of carbonyl (C=O) groups is 2. The van der Waals surface area contributed by atoms with E-state index in [2.05, 4.69) is 10.9 Å². The lowest BCUT2D eigenvalue weighted by molar-refractivity contribution is -0.121. The minimum Gasteiger partial charge on any atom is -0.469 e. The van der Waals surface area contributed by atoms with Crippen molar-refractivity contribution in [2.45, 2.75) is 44.9 Å². The molecule has 0 fully saturated rings. The van der Waals surface area contributed by atoms with Crippen molar-refractivity contribution >= 4 is 23.2 Å². The summed E-state index contributed by atoms with van der Waals surface area (Å²) < 4.78 is 5.17. The maximum atomic E-state index is 12.2. The first-order chi connectivity index (χ1) is 11.2. The number of hydrogen-bond donors (Lipinski definition) is 2. The lowest BCUT2D eigenvalue weighted by Crippen LogP contribution is -2.41. The fourth-order valence-electron chi connectivity index (χ4n) is 2.72. The normalized spacial score (nSPS) is 13.9. The first-order valence-electron chi connectivity index (χ1n) is 7.95. The van der Waals surface area contributed by atoms with Gasteiger partial charge in [0.05, 0.1) is 11.1 Å². The number of furan rings is 1. The summed E-state index contributed by atoms with van der Waals surface area (Å²) in [6.45, 7) is 0. The summed E-state index contributed by atoms with van der Waals surface area (Å²) in [6, 6.07) is 5.58. The van der Waals surface area contributed by atoms with Crippen LogP contribution in [0.2, 0.25) is 0 Å².